The predicted octanol–water partition coefficient (Wildman–Crippen LogP) is 3.18. The van der Waals surface area contributed by atoms with Crippen LogP contribution < -0.4 is 5.73 Å². The van der Waals surface area contributed by atoms with Crippen LogP contribution in [0.2, 0.25) is 5.02 Å². The Bertz CT molecular complexity index is 443. The first-order valence-electron chi connectivity index (χ1n) is 6.46. The fourth-order valence-corrected chi connectivity index (χ4v) is 2.24. The third-order valence-corrected chi connectivity index (χ3v) is 3.44. The first kappa shape index (κ1) is 13.2. The van der Waals surface area contributed by atoms with E-state index in [4.69, 9.17) is 17.3 Å². The van der Waals surface area contributed by atoms with Gasteiger partial charge >= 0.3 is 0 Å². The van der Waals surface area contributed by atoms with E-state index in [1.54, 1.807) is 18.2 Å². The van der Waals surface area contributed by atoms with Crippen LogP contribution in [-0.2, 0) is 0 Å². The van der Waals surface area contributed by atoms with Crippen LogP contribution >= 0.6 is 11.6 Å². The number of nitrogens with two attached hydrogens (primary N) is 1. The van der Waals surface area contributed by atoms with Crippen LogP contribution in [0.3, 0.4) is 0 Å². The number of carbonyl (C=O) groups is 1. The highest BCUT2D eigenvalue weighted by Crippen LogP contribution is 2.30. The Labute approximate surface area is 113 Å². The summed E-state index contributed by atoms with van der Waals surface area (Å²) in [4.78, 5) is 14.3. The van der Waals surface area contributed by atoms with Gasteiger partial charge in [0.25, 0.3) is 5.91 Å². The minimum atomic E-state index is 0.0258. The fourth-order valence-electron chi connectivity index (χ4n) is 2.06. The molecule has 0 heterocycles. The molecule has 2 N–H and O–H groups in total. The Hall–Kier alpha value is -1.22. The second-order valence-electron chi connectivity index (χ2n) is 4.93. The lowest BCUT2D eigenvalue weighted by molar-refractivity contribution is 0.0749. The third-order valence-electron chi connectivity index (χ3n) is 3.20. The Morgan fingerprint density at radius 2 is 2.22 bits per heavy atom. The molecule has 98 valence electrons. The van der Waals surface area contributed by atoms with Gasteiger partial charge in [0.15, 0.2) is 0 Å². The molecule has 4 heteroatoms. The first-order chi connectivity index (χ1) is 8.61. The van der Waals surface area contributed by atoms with Gasteiger partial charge in [-0.3, -0.25) is 4.79 Å². The number of carbonyl (C=O) groups excluding carboxylic acids is 1. The molecule has 1 aliphatic rings. The summed E-state index contributed by atoms with van der Waals surface area (Å²) in [5, 5.41) is 0.563. The van der Waals surface area contributed by atoms with Crippen LogP contribution in [0.5, 0.6) is 0 Å². The molecule has 0 saturated heterocycles. The van der Waals surface area contributed by atoms with Gasteiger partial charge in [-0.1, -0.05) is 18.5 Å². The van der Waals surface area contributed by atoms with E-state index in [-0.39, 0.29) is 5.91 Å². The molecule has 0 spiro atoms. The van der Waals surface area contributed by atoms with Gasteiger partial charge in [-0.25, -0.2) is 0 Å². The van der Waals surface area contributed by atoms with Crippen molar-refractivity contribution in [1.82, 2.24) is 4.90 Å². The largest absolute Gasteiger partial charge is 0.398 e. The SMILES string of the molecule is CCCN(CC1CC1)C(=O)c1ccc(Cl)cc1N. The summed E-state index contributed by atoms with van der Waals surface area (Å²) in [5.41, 5.74) is 6.90. The Morgan fingerprint density at radius 3 is 2.78 bits per heavy atom. The number of amides is 1. The maximum absolute atomic E-state index is 12.4. The van der Waals surface area contributed by atoms with Crippen LogP contribution in [0.1, 0.15) is 36.5 Å². The topological polar surface area (TPSA) is 46.3 Å². The molecule has 18 heavy (non-hydrogen) atoms. The van der Waals surface area contributed by atoms with E-state index in [0.29, 0.717) is 22.2 Å². The molecule has 1 aromatic carbocycles. The Balaban J connectivity index is 2.15. The van der Waals surface area contributed by atoms with Gasteiger partial charge in [0, 0.05) is 23.8 Å². The summed E-state index contributed by atoms with van der Waals surface area (Å²) >= 11 is 5.85. The summed E-state index contributed by atoms with van der Waals surface area (Å²) in [6.07, 6.45) is 3.44. The zero-order valence-electron chi connectivity index (χ0n) is 10.7. The molecule has 1 amide bonds. The van der Waals surface area contributed by atoms with Crippen molar-refractivity contribution in [3.8, 4) is 0 Å². The highest BCUT2D eigenvalue weighted by molar-refractivity contribution is 6.31. The smallest absolute Gasteiger partial charge is 0.255 e. The third kappa shape index (κ3) is 3.16. The molecule has 0 radical (unpaired) electrons. The minimum absolute atomic E-state index is 0.0258. The predicted molar refractivity (Wildman–Crippen MR) is 74.8 cm³/mol. The second kappa shape index (κ2) is 5.61. The van der Waals surface area contributed by atoms with Crippen LogP contribution in [-0.4, -0.2) is 23.9 Å². The number of hydrogen-bond acceptors (Lipinski definition) is 2. The number of halogens is 1. The van der Waals surface area contributed by atoms with Crippen molar-refractivity contribution in [3.63, 3.8) is 0 Å². The molecule has 2 rings (SSSR count). The van der Waals surface area contributed by atoms with Crippen LogP contribution in [0.15, 0.2) is 18.2 Å². The Morgan fingerprint density at radius 1 is 1.50 bits per heavy atom. The molecule has 0 bridgehead atoms. The van der Waals surface area contributed by atoms with Crippen molar-refractivity contribution in [3.05, 3.63) is 28.8 Å². The zero-order chi connectivity index (χ0) is 13.1. The first-order valence-corrected chi connectivity index (χ1v) is 6.84. The molecular formula is C14H19ClN2O. The Kier molecular flexibility index (Phi) is 4.12. The summed E-state index contributed by atoms with van der Waals surface area (Å²) in [7, 11) is 0. The summed E-state index contributed by atoms with van der Waals surface area (Å²) in [5.74, 6) is 0.715. The van der Waals surface area contributed by atoms with Crippen LogP contribution in [0, 0.1) is 5.92 Å². The van der Waals surface area contributed by atoms with Crippen LogP contribution in [0.4, 0.5) is 5.69 Å². The molecule has 1 fully saturated rings. The summed E-state index contributed by atoms with van der Waals surface area (Å²) < 4.78 is 0. The highest BCUT2D eigenvalue weighted by Gasteiger charge is 2.27. The monoisotopic (exact) mass is 266 g/mol. The van der Waals surface area contributed by atoms with Crippen molar-refractivity contribution in [2.24, 2.45) is 5.92 Å². The van der Waals surface area contributed by atoms with E-state index < -0.39 is 0 Å². The van der Waals surface area contributed by atoms with Crippen molar-refractivity contribution >= 4 is 23.2 Å². The molecule has 1 aliphatic carbocycles. The molecule has 0 aromatic heterocycles. The lowest BCUT2D eigenvalue weighted by Gasteiger charge is -2.22. The van der Waals surface area contributed by atoms with Crippen molar-refractivity contribution in [2.45, 2.75) is 26.2 Å². The second-order valence-corrected chi connectivity index (χ2v) is 5.36. The van der Waals surface area contributed by atoms with E-state index in [1.807, 2.05) is 4.90 Å². The highest BCUT2D eigenvalue weighted by atomic mass is 35.5. The van der Waals surface area contributed by atoms with Gasteiger partial charge in [0.05, 0.1) is 5.56 Å². The summed E-state index contributed by atoms with van der Waals surface area (Å²) in [6.45, 7) is 3.73. The van der Waals surface area contributed by atoms with Gasteiger partial charge < -0.3 is 10.6 Å². The summed E-state index contributed by atoms with van der Waals surface area (Å²) in [6, 6.07) is 5.07. The molecule has 1 saturated carbocycles. The molecule has 0 atom stereocenters. The lowest BCUT2D eigenvalue weighted by atomic mass is 10.1. The van der Waals surface area contributed by atoms with Gasteiger partial charge in [0.1, 0.15) is 0 Å². The van der Waals surface area contributed by atoms with E-state index in [2.05, 4.69) is 6.92 Å². The van der Waals surface area contributed by atoms with E-state index in [1.165, 1.54) is 12.8 Å². The van der Waals surface area contributed by atoms with E-state index >= 15 is 0 Å². The quantitative estimate of drug-likeness (QED) is 0.832. The van der Waals surface area contributed by atoms with Gasteiger partial charge in [0.2, 0.25) is 0 Å². The van der Waals surface area contributed by atoms with Gasteiger partial charge in [-0.05, 0) is 43.4 Å². The number of anilines is 1. The molecule has 0 aliphatic heterocycles. The minimum Gasteiger partial charge on any atom is -0.398 e. The molecular weight excluding hydrogens is 248 g/mol. The number of rotatable bonds is 5. The average Bonchev–Trinajstić information content (AvgIpc) is 3.11. The molecule has 3 nitrogen and oxygen atoms in total. The number of nitrogen functional groups attached to an aromatic ring is 1. The van der Waals surface area contributed by atoms with Crippen LogP contribution in [0.25, 0.3) is 0 Å². The van der Waals surface area contributed by atoms with Gasteiger partial charge in [-0.15, -0.1) is 0 Å². The number of hydrogen-bond donors (Lipinski definition) is 1. The van der Waals surface area contributed by atoms with E-state index in [9.17, 15) is 4.79 Å². The maximum Gasteiger partial charge on any atom is 0.255 e. The standard InChI is InChI=1S/C14H19ClN2O/c1-2-7-17(9-10-3-4-10)14(18)12-6-5-11(15)8-13(12)16/h5-6,8,10H,2-4,7,9,16H2,1H3. The number of benzene rings is 1. The number of nitrogens with zero attached hydrogens (tertiary/aromatic N) is 1. The van der Waals surface area contributed by atoms with Crippen molar-refractivity contribution in [2.75, 3.05) is 18.8 Å². The molecule has 0 unspecified atom stereocenters. The van der Waals surface area contributed by atoms with E-state index in [0.717, 1.165) is 19.5 Å². The van der Waals surface area contributed by atoms with Crippen molar-refractivity contribution < 1.29 is 4.79 Å². The van der Waals surface area contributed by atoms with Crippen molar-refractivity contribution in [1.29, 1.82) is 0 Å². The normalized spacial score (nSPS) is 14.6. The lowest BCUT2D eigenvalue weighted by Crippen LogP contribution is -2.34. The maximum atomic E-state index is 12.4. The average molecular weight is 267 g/mol. The molecule has 1 aromatic rings. The fraction of sp³-hybridized carbons (Fsp3) is 0.500. The van der Waals surface area contributed by atoms with Gasteiger partial charge in [-0.2, -0.15) is 0 Å². The zero-order valence-corrected chi connectivity index (χ0v) is 11.4.